The van der Waals surface area contributed by atoms with Gasteiger partial charge >= 0.3 is 5.97 Å². The van der Waals surface area contributed by atoms with Crippen LogP contribution in [0.2, 0.25) is 0 Å². The Balaban J connectivity index is 2.06. The third-order valence-electron chi connectivity index (χ3n) is 5.02. The van der Waals surface area contributed by atoms with Gasteiger partial charge in [-0.3, -0.25) is 9.59 Å². The Bertz CT molecular complexity index is 824. The van der Waals surface area contributed by atoms with Gasteiger partial charge < -0.3 is 19.3 Å². The fourth-order valence-electron chi connectivity index (χ4n) is 3.67. The maximum Gasteiger partial charge on any atom is 0.308 e. The molecule has 0 aliphatic carbocycles. The number of amides is 1. The van der Waals surface area contributed by atoms with Gasteiger partial charge in [-0.1, -0.05) is 6.92 Å². The van der Waals surface area contributed by atoms with Crippen LogP contribution in [-0.2, 0) is 11.3 Å². The van der Waals surface area contributed by atoms with Crippen molar-refractivity contribution < 1.29 is 19.4 Å². The summed E-state index contributed by atoms with van der Waals surface area (Å²) in [6.07, 6.45) is 1.48. The number of likely N-dealkylation sites (tertiary alicyclic amines) is 1. The summed E-state index contributed by atoms with van der Waals surface area (Å²) in [5.74, 6) is -0.681. The summed E-state index contributed by atoms with van der Waals surface area (Å²) < 4.78 is 7.49. The minimum Gasteiger partial charge on any atom is -0.497 e. The molecule has 134 valence electrons. The van der Waals surface area contributed by atoms with E-state index in [9.17, 15) is 14.7 Å². The van der Waals surface area contributed by atoms with Crippen LogP contribution in [0.5, 0.6) is 5.75 Å². The molecule has 6 nitrogen and oxygen atoms in total. The van der Waals surface area contributed by atoms with Crippen molar-refractivity contribution in [3.8, 4) is 5.75 Å². The molecule has 0 radical (unpaired) electrons. The van der Waals surface area contributed by atoms with E-state index in [1.54, 1.807) is 12.0 Å². The van der Waals surface area contributed by atoms with E-state index in [1.807, 2.05) is 25.1 Å². The summed E-state index contributed by atoms with van der Waals surface area (Å²) in [6.45, 7) is 5.66. The minimum absolute atomic E-state index is 0.0886. The number of carboxylic acid groups (broad SMARTS) is 1. The number of hydrogen-bond acceptors (Lipinski definition) is 3. The van der Waals surface area contributed by atoms with Crippen molar-refractivity contribution in [2.45, 2.75) is 33.2 Å². The fraction of sp³-hybridized carbons (Fsp3) is 0.474. The molecule has 0 spiro atoms. The lowest BCUT2D eigenvalue weighted by molar-refractivity contribution is -0.141. The van der Waals surface area contributed by atoms with E-state index in [0.717, 1.165) is 29.6 Å². The van der Waals surface area contributed by atoms with Crippen LogP contribution in [0.15, 0.2) is 18.2 Å². The molecule has 1 amide bonds. The molecule has 0 saturated carbocycles. The predicted octanol–water partition coefficient (Wildman–Crippen LogP) is 2.92. The molecule has 1 saturated heterocycles. The second-order valence-electron chi connectivity index (χ2n) is 6.57. The van der Waals surface area contributed by atoms with E-state index in [4.69, 9.17) is 4.74 Å². The van der Waals surface area contributed by atoms with Crippen LogP contribution in [-0.4, -0.2) is 46.6 Å². The van der Waals surface area contributed by atoms with E-state index >= 15 is 0 Å². The number of nitrogens with zero attached hydrogens (tertiary/aromatic N) is 2. The molecule has 1 aliphatic rings. The molecule has 1 unspecified atom stereocenters. The highest BCUT2D eigenvalue weighted by Gasteiger charge is 2.33. The summed E-state index contributed by atoms with van der Waals surface area (Å²) >= 11 is 0. The van der Waals surface area contributed by atoms with E-state index in [2.05, 4.69) is 11.5 Å². The Morgan fingerprint density at radius 3 is 2.72 bits per heavy atom. The SMILES string of the molecule is CCCn1c(C)c(C(=O)N2CCC(C(=O)O)C2)c2cc(OC)ccc21. The molecular formula is C19H24N2O4. The first kappa shape index (κ1) is 17.3. The first-order valence-electron chi connectivity index (χ1n) is 8.66. The van der Waals surface area contributed by atoms with Crippen molar-refractivity contribution in [2.24, 2.45) is 5.92 Å². The number of benzene rings is 1. The molecule has 1 aromatic heterocycles. The van der Waals surface area contributed by atoms with Gasteiger partial charge in [0.2, 0.25) is 0 Å². The van der Waals surface area contributed by atoms with Crippen molar-refractivity contribution in [1.82, 2.24) is 9.47 Å². The number of aromatic nitrogens is 1. The van der Waals surface area contributed by atoms with Gasteiger partial charge in [-0.05, 0) is 38.0 Å². The topological polar surface area (TPSA) is 71.8 Å². The Kier molecular flexibility index (Phi) is 4.70. The number of methoxy groups -OCH3 is 1. The third-order valence-corrected chi connectivity index (χ3v) is 5.02. The van der Waals surface area contributed by atoms with Crippen molar-refractivity contribution in [3.63, 3.8) is 0 Å². The molecule has 2 heterocycles. The van der Waals surface area contributed by atoms with Crippen LogP contribution in [0.25, 0.3) is 10.9 Å². The lowest BCUT2D eigenvalue weighted by Gasteiger charge is -2.16. The van der Waals surface area contributed by atoms with Crippen LogP contribution >= 0.6 is 0 Å². The number of aryl methyl sites for hydroxylation is 1. The van der Waals surface area contributed by atoms with Crippen LogP contribution in [0.4, 0.5) is 0 Å². The highest BCUT2D eigenvalue weighted by molar-refractivity contribution is 6.09. The quantitative estimate of drug-likeness (QED) is 0.905. The Morgan fingerprint density at radius 2 is 2.12 bits per heavy atom. The van der Waals surface area contributed by atoms with Crippen molar-refractivity contribution in [1.29, 1.82) is 0 Å². The van der Waals surface area contributed by atoms with Crippen LogP contribution < -0.4 is 4.74 Å². The molecule has 1 aliphatic heterocycles. The molecular weight excluding hydrogens is 320 g/mol. The largest absolute Gasteiger partial charge is 0.497 e. The van der Waals surface area contributed by atoms with Crippen LogP contribution in [0.1, 0.15) is 35.8 Å². The van der Waals surface area contributed by atoms with Crippen molar-refractivity contribution >= 4 is 22.8 Å². The molecule has 1 aromatic carbocycles. The molecule has 6 heteroatoms. The number of carbonyl (C=O) groups excluding carboxylic acids is 1. The van der Waals surface area contributed by atoms with Gasteiger partial charge in [-0.15, -0.1) is 0 Å². The third kappa shape index (κ3) is 2.97. The first-order valence-corrected chi connectivity index (χ1v) is 8.66. The molecule has 25 heavy (non-hydrogen) atoms. The lowest BCUT2D eigenvalue weighted by atomic mass is 10.1. The second kappa shape index (κ2) is 6.78. The van der Waals surface area contributed by atoms with Gasteiger partial charge in [-0.25, -0.2) is 0 Å². The lowest BCUT2D eigenvalue weighted by Crippen LogP contribution is -2.30. The second-order valence-corrected chi connectivity index (χ2v) is 6.57. The Morgan fingerprint density at radius 1 is 1.36 bits per heavy atom. The number of hydrogen-bond donors (Lipinski definition) is 1. The maximum atomic E-state index is 13.1. The van der Waals surface area contributed by atoms with Gasteiger partial charge in [0.15, 0.2) is 0 Å². The standard InChI is InChI=1S/C19H24N2O4/c1-4-8-21-12(2)17(15-10-14(25-3)5-6-16(15)21)18(22)20-9-7-13(11-20)19(23)24/h5-6,10,13H,4,7-9,11H2,1-3H3,(H,23,24). The molecule has 1 fully saturated rings. The number of aliphatic carboxylic acids is 1. The molecule has 1 atom stereocenters. The van der Waals surface area contributed by atoms with E-state index in [1.165, 1.54) is 0 Å². The number of ether oxygens (including phenoxy) is 1. The molecule has 1 N–H and O–H groups in total. The zero-order valence-corrected chi connectivity index (χ0v) is 14.9. The normalized spacial score (nSPS) is 17.2. The average Bonchev–Trinajstić information content (AvgIpc) is 3.19. The van der Waals surface area contributed by atoms with E-state index in [-0.39, 0.29) is 12.5 Å². The number of carbonyl (C=O) groups is 2. The Labute approximate surface area is 147 Å². The monoisotopic (exact) mass is 344 g/mol. The highest BCUT2D eigenvalue weighted by Crippen LogP contribution is 2.32. The maximum absolute atomic E-state index is 13.1. The summed E-state index contributed by atoms with van der Waals surface area (Å²) in [5, 5.41) is 10.1. The Hall–Kier alpha value is -2.50. The first-order chi connectivity index (χ1) is 12.0. The van der Waals surface area contributed by atoms with Gasteiger partial charge in [0.25, 0.3) is 5.91 Å². The highest BCUT2D eigenvalue weighted by atomic mass is 16.5. The van der Waals surface area contributed by atoms with Crippen LogP contribution in [0.3, 0.4) is 0 Å². The summed E-state index contributed by atoms with van der Waals surface area (Å²) in [6, 6.07) is 5.78. The van der Waals surface area contributed by atoms with Gasteiger partial charge in [0.1, 0.15) is 5.75 Å². The van der Waals surface area contributed by atoms with Crippen molar-refractivity contribution in [2.75, 3.05) is 20.2 Å². The van der Waals surface area contributed by atoms with Crippen LogP contribution in [0, 0.1) is 12.8 Å². The zero-order valence-electron chi connectivity index (χ0n) is 14.9. The smallest absolute Gasteiger partial charge is 0.308 e. The van der Waals surface area contributed by atoms with E-state index in [0.29, 0.717) is 24.3 Å². The average molecular weight is 344 g/mol. The molecule has 3 rings (SSSR count). The predicted molar refractivity (Wildman–Crippen MR) is 95.2 cm³/mol. The zero-order chi connectivity index (χ0) is 18.1. The summed E-state index contributed by atoms with van der Waals surface area (Å²) in [4.78, 5) is 26.0. The molecule has 0 bridgehead atoms. The number of carboxylic acids is 1. The summed E-state index contributed by atoms with van der Waals surface area (Å²) in [7, 11) is 1.61. The molecule has 2 aromatic rings. The fourth-order valence-corrected chi connectivity index (χ4v) is 3.67. The summed E-state index contributed by atoms with van der Waals surface area (Å²) in [5.41, 5.74) is 2.60. The van der Waals surface area contributed by atoms with Gasteiger partial charge in [0.05, 0.1) is 18.6 Å². The number of fused-ring (bicyclic) bond motifs is 1. The van der Waals surface area contributed by atoms with Gasteiger partial charge in [0, 0.05) is 36.2 Å². The van der Waals surface area contributed by atoms with Crippen molar-refractivity contribution in [3.05, 3.63) is 29.5 Å². The number of rotatable bonds is 5. The van der Waals surface area contributed by atoms with E-state index < -0.39 is 11.9 Å². The van der Waals surface area contributed by atoms with Gasteiger partial charge in [-0.2, -0.15) is 0 Å². The minimum atomic E-state index is -0.831.